The van der Waals surface area contributed by atoms with Gasteiger partial charge in [0.15, 0.2) is 0 Å². The number of benzene rings is 1. The SMILES string of the molecule is CC(C)Cc1ccc(C(C)C(=O)[O-])cc1.CCCC.CCCC.[Cl-].[Sn+2]. The molecule has 0 fully saturated rings. The van der Waals surface area contributed by atoms with E-state index in [0.29, 0.717) is 5.92 Å². The maximum absolute atomic E-state index is 10.7. The molecule has 25 heavy (non-hydrogen) atoms. The minimum atomic E-state index is -1.02. The Balaban J connectivity index is -0.000000187. The van der Waals surface area contributed by atoms with E-state index in [1.807, 2.05) is 24.3 Å². The van der Waals surface area contributed by atoms with E-state index >= 15 is 0 Å². The summed E-state index contributed by atoms with van der Waals surface area (Å²) in [5.74, 6) is -0.931. The van der Waals surface area contributed by atoms with Crippen LogP contribution >= 0.6 is 0 Å². The molecule has 0 N–H and O–H groups in total. The van der Waals surface area contributed by atoms with E-state index in [9.17, 15) is 9.90 Å². The summed E-state index contributed by atoms with van der Waals surface area (Å²) in [6, 6.07) is 7.74. The molecule has 0 heterocycles. The van der Waals surface area contributed by atoms with E-state index in [-0.39, 0.29) is 36.3 Å². The van der Waals surface area contributed by atoms with Gasteiger partial charge in [-0.3, -0.25) is 0 Å². The Morgan fingerprint density at radius 3 is 1.48 bits per heavy atom. The van der Waals surface area contributed by atoms with Crippen LogP contribution in [0.15, 0.2) is 24.3 Å². The summed E-state index contributed by atoms with van der Waals surface area (Å²) in [6.07, 6.45) is 6.31. The average Bonchev–Trinajstić information content (AvgIpc) is 2.54. The Morgan fingerprint density at radius 1 is 0.880 bits per heavy atom. The standard InChI is InChI=1S/C13H18O2.2C4H10.ClH.Sn/c1-9(2)8-11-4-6-12(7-5-11)10(3)13(14)15;2*1-3-4-2;;/h4-7,9-10H,8H2,1-3H3,(H,14,15);2*3-4H2,1-2H3;1H;/q;;;;+2/p-2. The molecule has 1 unspecified atom stereocenters. The summed E-state index contributed by atoms with van der Waals surface area (Å²) in [5.41, 5.74) is 2.06. The molecule has 1 rings (SSSR count). The Kier molecular flexibility index (Phi) is 28.3. The van der Waals surface area contributed by atoms with Gasteiger partial charge in [-0.15, -0.1) is 0 Å². The van der Waals surface area contributed by atoms with Gasteiger partial charge in [0.1, 0.15) is 0 Å². The normalized spacial score (nSPS) is 10.1. The summed E-state index contributed by atoms with van der Waals surface area (Å²) in [4.78, 5) is 10.7. The number of unbranched alkanes of at least 4 members (excludes halogenated alkanes) is 2. The fraction of sp³-hybridized carbons (Fsp3) is 0.667. The fourth-order valence-corrected chi connectivity index (χ4v) is 1.55. The van der Waals surface area contributed by atoms with E-state index in [1.54, 1.807) is 6.92 Å². The van der Waals surface area contributed by atoms with E-state index < -0.39 is 11.9 Å². The van der Waals surface area contributed by atoms with E-state index in [1.165, 1.54) is 31.2 Å². The Morgan fingerprint density at radius 2 is 1.24 bits per heavy atom. The summed E-state index contributed by atoms with van der Waals surface area (Å²) >= 11 is 0. The molecule has 2 nitrogen and oxygen atoms in total. The predicted molar refractivity (Wildman–Crippen MR) is 105 cm³/mol. The summed E-state index contributed by atoms with van der Waals surface area (Å²) in [7, 11) is 0. The van der Waals surface area contributed by atoms with Crippen molar-refractivity contribution in [1.29, 1.82) is 0 Å². The van der Waals surface area contributed by atoms with E-state index in [4.69, 9.17) is 0 Å². The molecule has 0 spiro atoms. The van der Waals surface area contributed by atoms with Crippen molar-refractivity contribution >= 4 is 29.9 Å². The van der Waals surface area contributed by atoms with Crippen LogP contribution in [0.1, 0.15) is 91.2 Å². The molecule has 0 aliphatic heterocycles. The second-order valence-electron chi connectivity index (χ2n) is 6.38. The van der Waals surface area contributed by atoms with Gasteiger partial charge in [0.25, 0.3) is 0 Å². The minimum absolute atomic E-state index is 0. The number of carboxylic acids is 1. The summed E-state index contributed by atoms with van der Waals surface area (Å²) < 4.78 is 0. The Labute approximate surface area is 179 Å². The molecular weight excluding hydrogens is 438 g/mol. The van der Waals surface area contributed by atoms with E-state index in [0.717, 1.165) is 12.0 Å². The number of hydrogen-bond donors (Lipinski definition) is 0. The van der Waals surface area contributed by atoms with Crippen LogP contribution in [0.25, 0.3) is 0 Å². The second-order valence-corrected chi connectivity index (χ2v) is 6.38. The van der Waals surface area contributed by atoms with E-state index in [2.05, 4.69) is 41.5 Å². The van der Waals surface area contributed by atoms with Gasteiger partial charge in [-0.1, -0.05) is 98.4 Å². The number of halogens is 1. The van der Waals surface area contributed by atoms with Crippen LogP contribution < -0.4 is 17.5 Å². The van der Waals surface area contributed by atoms with Crippen molar-refractivity contribution in [2.24, 2.45) is 5.92 Å². The molecule has 0 aliphatic rings. The number of rotatable bonds is 6. The zero-order chi connectivity index (χ0) is 18.3. The first-order valence-electron chi connectivity index (χ1n) is 9.13. The number of aliphatic carboxylic acids is 1. The molecule has 0 amide bonds. The zero-order valence-corrected chi connectivity index (χ0v) is 20.8. The molecule has 1 aromatic rings. The predicted octanol–water partition coefficient (Wildman–Crippen LogP) is 1.97. The van der Waals surface area contributed by atoms with Gasteiger partial charge in [0.2, 0.25) is 0 Å². The van der Waals surface area contributed by atoms with Crippen molar-refractivity contribution in [1.82, 2.24) is 0 Å². The Hall–Kier alpha value is -0.221. The maximum atomic E-state index is 10.7. The summed E-state index contributed by atoms with van der Waals surface area (Å²) in [6.45, 7) is 14.7. The molecule has 0 bridgehead atoms. The van der Waals surface area contributed by atoms with Crippen LogP contribution in [0.5, 0.6) is 0 Å². The van der Waals surface area contributed by atoms with Gasteiger partial charge < -0.3 is 22.3 Å². The molecule has 1 atom stereocenters. The van der Waals surface area contributed by atoms with Crippen molar-refractivity contribution in [3.8, 4) is 0 Å². The molecule has 0 saturated heterocycles. The van der Waals surface area contributed by atoms with Crippen LogP contribution in [0.3, 0.4) is 0 Å². The quantitative estimate of drug-likeness (QED) is 0.591. The molecule has 4 heteroatoms. The van der Waals surface area contributed by atoms with Gasteiger partial charge >= 0.3 is 23.9 Å². The van der Waals surface area contributed by atoms with Crippen LogP contribution in [-0.4, -0.2) is 29.9 Å². The van der Waals surface area contributed by atoms with Crippen molar-refractivity contribution in [3.63, 3.8) is 0 Å². The van der Waals surface area contributed by atoms with Crippen molar-refractivity contribution < 1.29 is 22.3 Å². The van der Waals surface area contributed by atoms with Gasteiger partial charge in [-0.05, 0) is 23.5 Å². The Bertz CT molecular complexity index is 383. The van der Waals surface area contributed by atoms with Crippen LogP contribution in [0, 0.1) is 5.92 Å². The first-order chi connectivity index (χ1) is 10.8. The minimum Gasteiger partial charge on any atom is -1.00 e. The third kappa shape index (κ3) is 19.9. The zero-order valence-electron chi connectivity index (χ0n) is 17.2. The molecule has 0 aromatic heterocycles. The summed E-state index contributed by atoms with van der Waals surface area (Å²) in [5, 5.41) is 10.7. The fourth-order valence-electron chi connectivity index (χ4n) is 1.55. The topological polar surface area (TPSA) is 40.1 Å². The first-order valence-corrected chi connectivity index (χ1v) is 9.13. The maximum Gasteiger partial charge on any atom is 2.00 e. The molecule has 144 valence electrons. The average molecular weight is 476 g/mol. The van der Waals surface area contributed by atoms with Crippen LogP contribution in [0.2, 0.25) is 0 Å². The number of hydrogen-bond acceptors (Lipinski definition) is 2. The number of carboxylic acid groups (broad SMARTS) is 1. The number of carbonyl (C=O) groups excluding carboxylic acids is 1. The van der Waals surface area contributed by atoms with Crippen molar-refractivity contribution in [2.45, 2.75) is 86.5 Å². The molecule has 1 aromatic carbocycles. The monoisotopic (exact) mass is 476 g/mol. The first kappa shape index (κ1) is 32.5. The van der Waals surface area contributed by atoms with Crippen LogP contribution in [0.4, 0.5) is 0 Å². The van der Waals surface area contributed by atoms with Gasteiger partial charge in [0, 0.05) is 11.9 Å². The second kappa shape index (κ2) is 21.8. The smallest absolute Gasteiger partial charge is 1.00 e. The molecule has 0 saturated carbocycles. The van der Waals surface area contributed by atoms with Crippen LogP contribution in [-0.2, 0) is 11.2 Å². The van der Waals surface area contributed by atoms with Gasteiger partial charge in [-0.2, -0.15) is 0 Å². The molecular formula is C21H37ClO2Sn. The largest absolute Gasteiger partial charge is 2.00 e. The van der Waals surface area contributed by atoms with Gasteiger partial charge in [-0.25, -0.2) is 0 Å². The third-order valence-corrected chi connectivity index (χ3v) is 3.48. The van der Waals surface area contributed by atoms with Crippen molar-refractivity contribution in [2.75, 3.05) is 0 Å². The molecule has 0 aliphatic carbocycles. The van der Waals surface area contributed by atoms with Gasteiger partial charge in [0.05, 0.1) is 0 Å². The van der Waals surface area contributed by atoms with Crippen molar-refractivity contribution in [3.05, 3.63) is 35.4 Å². The third-order valence-electron chi connectivity index (χ3n) is 3.48. The number of carbonyl (C=O) groups is 1. The molecule has 2 radical (unpaired) electrons.